The second kappa shape index (κ2) is 6.61. The van der Waals surface area contributed by atoms with Gasteiger partial charge in [0.15, 0.2) is 0 Å². The van der Waals surface area contributed by atoms with E-state index in [1.807, 2.05) is 25.7 Å². The van der Waals surface area contributed by atoms with Crippen LogP contribution in [0.25, 0.3) is 0 Å². The van der Waals surface area contributed by atoms with Crippen LogP contribution in [0, 0.1) is 11.7 Å². The Bertz CT molecular complexity index is 575. The van der Waals surface area contributed by atoms with Gasteiger partial charge >= 0.3 is 6.09 Å². The van der Waals surface area contributed by atoms with Crippen LogP contribution in [-0.4, -0.2) is 35.3 Å². The molecule has 2 aliphatic heterocycles. The van der Waals surface area contributed by atoms with Gasteiger partial charge in [-0.15, -0.1) is 0 Å². The first kappa shape index (κ1) is 17.1. The van der Waals surface area contributed by atoms with Crippen molar-refractivity contribution in [2.75, 3.05) is 6.61 Å². The predicted octanol–water partition coefficient (Wildman–Crippen LogP) is 4.38. The van der Waals surface area contributed by atoms with E-state index < -0.39 is 5.60 Å². The molecule has 1 saturated carbocycles. The van der Waals surface area contributed by atoms with Crippen molar-refractivity contribution in [1.29, 1.82) is 0 Å². The van der Waals surface area contributed by atoms with Crippen molar-refractivity contribution in [2.45, 2.75) is 64.1 Å². The van der Waals surface area contributed by atoms with Crippen molar-refractivity contribution in [1.82, 2.24) is 4.90 Å². The third-order valence-electron chi connectivity index (χ3n) is 4.74. The van der Waals surface area contributed by atoms with Crippen LogP contribution in [0.5, 0.6) is 5.75 Å². The number of nitrogens with zero attached hydrogens (tertiary/aromatic N) is 1. The summed E-state index contributed by atoms with van der Waals surface area (Å²) in [5.41, 5.74) is -0.479. The highest BCUT2D eigenvalue weighted by atomic mass is 19.1. The first-order valence-corrected chi connectivity index (χ1v) is 8.71. The van der Waals surface area contributed by atoms with E-state index >= 15 is 0 Å². The lowest BCUT2D eigenvalue weighted by atomic mass is 9.70. The molecule has 132 valence electrons. The average molecular weight is 335 g/mol. The number of halogens is 1. The maximum Gasteiger partial charge on any atom is 0.410 e. The highest BCUT2D eigenvalue weighted by molar-refractivity contribution is 5.69. The van der Waals surface area contributed by atoms with Crippen LogP contribution in [0.15, 0.2) is 24.3 Å². The minimum absolute atomic E-state index is 0.165. The third-order valence-corrected chi connectivity index (χ3v) is 4.74. The minimum atomic E-state index is -0.479. The summed E-state index contributed by atoms with van der Waals surface area (Å²) in [6.07, 6.45) is 3.76. The van der Waals surface area contributed by atoms with E-state index in [9.17, 15) is 9.18 Å². The standard InChI is InChI=1S/C19H26FNO3/c1-19(2,3)24-18(22)21-15(10-13-11-16(21)12-13)8-9-23-17-6-4-14(20)5-7-17/h4-7,13,15-16H,8-12H2,1-3H3. The van der Waals surface area contributed by atoms with E-state index in [2.05, 4.69) is 0 Å². The third kappa shape index (κ3) is 4.00. The normalized spacial score (nSPS) is 25.8. The molecule has 0 spiro atoms. The molecule has 2 bridgehead atoms. The smallest absolute Gasteiger partial charge is 0.410 e. The van der Waals surface area contributed by atoms with Crippen molar-refractivity contribution in [3.63, 3.8) is 0 Å². The molecular weight excluding hydrogens is 309 g/mol. The SMILES string of the molecule is CC(C)(C)OC(=O)N1C(CCOc2ccc(F)cc2)CC2CC1C2. The van der Waals surface area contributed by atoms with Gasteiger partial charge in [-0.1, -0.05) is 0 Å². The summed E-state index contributed by atoms with van der Waals surface area (Å²) >= 11 is 0. The van der Waals surface area contributed by atoms with Crippen LogP contribution in [0.1, 0.15) is 46.5 Å². The molecular formula is C19H26FNO3. The molecule has 24 heavy (non-hydrogen) atoms. The molecule has 1 aromatic carbocycles. The van der Waals surface area contributed by atoms with Gasteiger partial charge in [-0.3, -0.25) is 0 Å². The van der Waals surface area contributed by atoms with Crippen LogP contribution in [-0.2, 0) is 4.74 Å². The van der Waals surface area contributed by atoms with Gasteiger partial charge in [0.1, 0.15) is 17.2 Å². The monoisotopic (exact) mass is 335 g/mol. The van der Waals surface area contributed by atoms with Crippen LogP contribution >= 0.6 is 0 Å². The molecule has 4 nitrogen and oxygen atoms in total. The van der Waals surface area contributed by atoms with E-state index in [1.54, 1.807) is 12.1 Å². The zero-order chi connectivity index (χ0) is 17.3. The van der Waals surface area contributed by atoms with Gasteiger partial charge < -0.3 is 14.4 Å². The Morgan fingerprint density at radius 2 is 1.88 bits per heavy atom. The van der Waals surface area contributed by atoms with E-state index in [0.717, 1.165) is 31.6 Å². The van der Waals surface area contributed by atoms with Crippen LogP contribution in [0.3, 0.4) is 0 Å². The highest BCUT2D eigenvalue weighted by Gasteiger charge is 2.47. The van der Waals surface area contributed by atoms with Crippen molar-refractivity contribution in [3.05, 3.63) is 30.1 Å². The number of carbonyl (C=O) groups is 1. The molecule has 4 rings (SSSR count). The molecule has 1 aliphatic carbocycles. The Morgan fingerprint density at radius 1 is 1.21 bits per heavy atom. The number of hydrogen-bond acceptors (Lipinski definition) is 3. The van der Waals surface area contributed by atoms with Crippen LogP contribution < -0.4 is 4.74 Å². The largest absolute Gasteiger partial charge is 0.494 e. The van der Waals surface area contributed by atoms with Gasteiger partial charge in [0.05, 0.1) is 6.61 Å². The molecule has 2 heterocycles. The first-order valence-electron chi connectivity index (χ1n) is 8.71. The molecule has 1 aromatic rings. The average Bonchev–Trinajstić information content (AvgIpc) is 2.46. The molecule has 1 amide bonds. The lowest BCUT2D eigenvalue weighted by molar-refractivity contribution is -0.0553. The molecule has 0 radical (unpaired) electrons. The Balaban J connectivity index is 1.56. The number of amides is 1. The minimum Gasteiger partial charge on any atom is -0.494 e. The summed E-state index contributed by atoms with van der Waals surface area (Å²) < 4.78 is 24.2. The van der Waals surface area contributed by atoms with Crippen molar-refractivity contribution < 1.29 is 18.7 Å². The van der Waals surface area contributed by atoms with Crippen molar-refractivity contribution in [2.24, 2.45) is 5.92 Å². The maximum absolute atomic E-state index is 12.9. The molecule has 2 saturated heterocycles. The molecule has 1 atom stereocenters. The fraction of sp³-hybridized carbons (Fsp3) is 0.632. The summed E-state index contributed by atoms with van der Waals surface area (Å²) in [4.78, 5) is 14.5. The van der Waals surface area contributed by atoms with Gasteiger partial charge in [0, 0.05) is 18.5 Å². The van der Waals surface area contributed by atoms with Crippen LogP contribution in [0.4, 0.5) is 9.18 Å². The second-order valence-electron chi connectivity index (χ2n) is 7.86. The van der Waals surface area contributed by atoms with Gasteiger partial charge in [0.2, 0.25) is 0 Å². The lowest BCUT2D eigenvalue weighted by Crippen LogP contribution is -2.60. The number of ether oxygens (including phenoxy) is 2. The topological polar surface area (TPSA) is 38.8 Å². The molecule has 0 N–H and O–H groups in total. The van der Waals surface area contributed by atoms with Gasteiger partial charge in [-0.25, -0.2) is 9.18 Å². The summed E-state index contributed by atoms with van der Waals surface area (Å²) in [6, 6.07) is 6.50. The molecule has 0 aromatic heterocycles. The second-order valence-corrected chi connectivity index (χ2v) is 7.86. The Hall–Kier alpha value is -1.78. The van der Waals surface area contributed by atoms with E-state index in [1.165, 1.54) is 12.1 Å². The number of benzene rings is 1. The molecule has 3 fully saturated rings. The summed E-state index contributed by atoms with van der Waals surface area (Å²) in [5, 5.41) is 0. The first-order chi connectivity index (χ1) is 11.3. The Kier molecular flexibility index (Phi) is 4.70. The Morgan fingerprint density at radius 3 is 2.50 bits per heavy atom. The van der Waals surface area contributed by atoms with Crippen molar-refractivity contribution in [3.8, 4) is 5.75 Å². The lowest BCUT2D eigenvalue weighted by Gasteiger charge is -2.53. The van der Waals surface area contributed by atoms with E-state index in [-0.39, 0.29) is 18.0 Å². The summed E-state index contributed by atoms with van der Waals surface area (Å²) in [6.45, 7) is 6.19. The van der Waals surface area contributed by atoms with Crippen molar-refractivity contribution >= 4 is 6.09 Å². The van der Waals surface area contributed by atoms with E-state index in [4.69, 9.17) is 9.47 Å². The van der Waals surface area contributed by atoms with Gasteiger partial charge in [-0.2, -0.15) is 0 Å². The Labute approximate surface area is 142 Å². The number of hydrogen-bond donors (Lipinski definition) is 0. The summed E-state index contributed by atoms with van der Waals surface area (Å²) in [5.74, 6) is 1.11. The van der Waals surface area contributed by atoms with Gasteiger partial charge in [-0.05, 0) is 70.2 Å². The fourth-order valence-electron chi connectivity index (χ4n) is 3.63. The zero-order valence-corrected chi connectivity index (χ0v) is 14.6. The molecule has 5 heteroatoms. The molecule has 1 unspecified atom stereocenters. The van der Waals surface area contributed by atoms with Gasteiger partial charge in [0.25, 0.3) is 0 Å². The molecule has 3 aliphatic rings. The fourth-order valence-corrected chi connectivity index (χ4v) is 3.63. The maximum atomic E-state index is 12.9. The predicted molar refractivity (Wildman–Crippen MR) is 89.5 cm³/mol. The number of carbonyl (C=O) groups excluding carboxylic acids is 1. The highest BCUT2D eigenvalue weighted by Crippen LogP contribution is 2.44. The zero-order valence-electron chi connectivity index (χ0n) is 14.6. The van der Waals surface area contributed by atoms with E-state index in [0.29, 0.717) is 18.4 Å². The number of rotatable bonds is 4. The number of piperidine rings is 2. The quantitative estimate of drug-likeness (QED) is 0.819. The summed E-state index contributed by atoms with van der Waals surface area (Å²) in [7, 11) is 0. The number of fused-ring (bicyclic) bond motifs is 2. The van der Waals surface area contributed by atoms with Crippen LogP contribution in [0.2, 0.25) is 0 Å².